The second-order valence-electron chi connectivity index (χ2n) is 2.77. The molecule has 0 atom stereocenters. The van der Waals surface area contributed by atoms with Crippen molar-refractivity contribution in [3.63, 3.8) is 0 Å². The molecule has 0 amide bonds. The van der Waals surface area contributed by atoms with Crippen LogP contribution in [0.2, 0.25) is 0 Å². The molecule has 0 saturated carbocycles. The molecule has 5 heteroatoms. The minimum atomic E-state index is -0.301. The van der Waals surface area contributed by atoms with Crippen LogP contribution in [0.15, 0.2) is 30.5 Å². The van der Waals surface area contributed by atoms with Crippen molar-refractivity contribution in [2.75, 3.05) is 0 Å². The van der Waals surface area contributed by atoms with Gasteiger partial charge in [0.25, 0.3) is 0 Å². The van der Waals surface area contributed by atoms with E-state index in [1.54, 1.807) is 18.3 Å². The van der Waals surface area contributed by atoms with E-state index in [9.17, 15) is 4.39 Å². The van der Waals surface area contributed by atoms with Crippen molar-refractivity contribution in [3.8, 4) is 5.69 Å². The number of rotatable bonds is 2. The highest BCUT2D eigenvalue weighted by Crippen LogP contribution is 2.09. The van der Waals surface area contributed by atoms with Gasteiger partial charge in [-0.3, -0.25) is 0 Å². The third-order valence-electron chi connectivity index (χ3n) is 1.75. The number of alkyl halides is 1. The van der Waals surface area contributed by atoms with Crippen molar-refractivity contribution in [1.82, 2.24) is 15.0 Å². The Bertz CT molecular complexity index is 441. The average molecular weight is 212 g/mol. The molecule has 0 spiro atoms. The summed E-state index contributed by atoms with van der Waals surface area (Å²) in [5.41, 5.74) is 1.30. The van der Waals surface area contributed by atoms with Crippen LogP contribution in [0, 0.1) is 5.82 Å². The molecule has 0 aliphatic carbocycles. The highest BCUT2D eigenvalue weighted by molar-refractivity contribution is 6.16. The van der Waals surface area contributed by atoms with Crippen LogP contribution in [-0.4, -0.2) is 15.0 Å². The molecule has 0 aliphatic heterocycles. The number of benzene rings is 1. The van der Waals surface area contributed by atoms with Crippen molar-refractivity contribution in [3.05, 3.63) is 42.0 Å². The molecule has 0 N–H and O–H groups in total. The fraction of sp³-hybridized carbons (Fsp3) is 0.111. The predicted molar refractivity (Wildman–Crippen MR) is 50.9 cm³/mol. The van der Waals surface area contributed by atoms with Gasteiger partial charge >= 0.3 is 0 Å². The Morgan fingerprint density at radius 1 is 1.43 bits per heavy atom. The average Bonchev–Trinajstić information content (AvgIpc) is 2.66. The van der Waals surface area contributed by atoms with E-state index in [0.29, 0.717) is 17.3 Å². The number of hydrogen-bond acceptors (Lipinski definition) is 2. The Balaban J connectivity index is 2.39. The van der Waals surface area contributed by atoms with E-state index in [4.69, 9.17) is 11.6 Å². The first-order valence-corrected chi connectivity index (χ1v) is 4.56. The first-order valence-electron chi connectivity index (χ1n) is 4.03. The molecule has 0 bridgehead atoms. The molecule has 1 heterocycles. The first kappa shape index (κ1) is 9.15. The highest BCUT2D eigenvalue weighted by Gasteiger charge is 2.01. The van der Waals surface area contributed by atoms with Crippen LogP contribution in [0.4, 0.5) is 4.39 Å². The van der Waals surface area contributed by atoms with Gasteiger partial charge in [-0.1, -0.05) is 11.3 Å². The van der Waals surface area contributed by atoms with Crippen LogP contribution in [-0.2, 0) is 5.88 Å². The maximum absolute atomic E-state index is 12.9. The van der Waals surface area contributed by atoms with Gasteiger partial charge in [0.05, 0.1) is 23.5 Å². The van der Waals surface area contributed by atoms with Crippen LogP contribution in [0.5, 0.6) is 0 Å². The summed E-state index contributed by atoms with van der Waals surface area (Å²) in [6.45, 7) is 0. The Hall–Kier alpha value is -1.42. The molecule has 1 aromatic carbocycles. The summed E-state index contributed by atoms with van der Waals surface area (Å²) in [6.07, 6.45) is 1.67. The lowest BCUT2D eigenvalue weighted by Gasteiger charge is -1.98. The second kappa shape index (κ2) is 3.75. The van der Waals surface area contributed by atoms with Crippen molar-refractivity contribution < 1.29 is 4.39 Å². The molecule has 2 aromatic rings. The summed E-state index contributed by atoms with van der Waals surface area (Å²) in [5, 5.41) is 7.61. The number of hydrogen-bond donors (Lipinski definition) is 0. The van der Waals surface area contributed by atoms with Gasteiger partial charge in [-0.25, -0.2) is 9.07 Å². The number of nitrogens with zero attached hydrogens (tertiary/aromatic N) is 3. The van der Waals surface area contributed by atoms with Crippen LogP contribution >= 0.6 is 11.6 Å². The van der Waals surface area contributed by atoms with Gasteiger partial charge in [-0.15, -0.1) is 16.7 Å². The van der Waals surface area contributed by atoms with E-state index >= 15 is 0 Å². The van der Waals surface area contributed by atoms with Gasteiger partial charge in [0.1, 0.15) is 5.82 Å². The Morgan fingerprint density at radius 2 is 2.29 bits per heavy atom. The van der Waals surface area contributed by atoms with E-state index in [-0.39, 0.29) is 5.82 Å². The SMILES string of the molecule is Fc1cccc(-n2cc(CCl)nn2)c1. The second-order valence-corrected chi connectivity index (χ2v) is 3.04. The quantitative estimate of drug-likeness (QED) is 0.713. The molecule has 72 valence electrons. The lowest BCUT2D eigenvalue weighted by molar-refractivity contribution is 0.625. The third kappa shape index (κ3) is 1.75. The summed E-state index contributed by atoms with van der Waals surface area (Å²) in [4.78, 5) is 0. The lowest BCUT2D eigenvalue weighted by atomic mass is 10.3. The van der Waals surface area contributed by atoms with E-state index < -0.39 is 0 Å². The van der Waals surface area contributed by atoms with E-state index in [2.05, 4.69) is 10.3 Å². The van der Waals surface area contributed by atoms with Crippen LogP contribution in [0.1, 0.15) is 5.69 Å². The third-order valence-corrected chi connectivity index (χ3v) is 2.02. The van der Waals surface area contributed by atoms with Crippen molar-refractivity contribution >= 4 is 11.6 Å². The molecule has 14 heavy (non-hydrogen) atoms. The zero-order valence-corrected chi connectivity index (χ0v) is 7.95. The Kier molecular flexibility index (Phi) is 2.45. The van der Waals surface area contributed by atoms with Gasteiger partial charge in [0.15, 0.2) is 0 Å². The summed E-state index contributed by atoms with van der Waals surface area (Å²) < 4.78 is 14.3. The Labute approximate surface area is 85.1 Å². The molecule has 0 aliphatic rings. The maximum atomic E-state index is 12.9. The minimum absolute atomic E-state index is 0.301. The smallest absolute Gasteiger partial charge is 0.125 e. The minimum Gasteiger partial charge on any atom is -0.220 e. The van der Waals surface area contributed by atoms with Crippen molar-refractivity contribution in [1.29, 1.82) is 0 Å². The molecular weight excluding hydrogens is 205 g/mol. The van der Waals surface area contributed by atoms with Gasteiger partial charge in [0, 0.05) is 0 Å². The van der Waals surface area contributed by atoms with Gasteiger partial charge in [-0.2, -0.15) is 0 Å². The fourth-order valence-electron chi connectivity index (χ4n) is 1.10. The molecule has 0 unspecified atom stereocenters. The topological polar surface area (TPSA) is 30.7 Å². The molecule has 1 aromatic heterocycles. The fourth-order valence-corrected chi connectivity index (χ4v) is 1.23. The van der Waals surface area contributed by atoms with Crippen molar-refractivity contribution in [2.45, 2.75) is 5.88 Å². The molecule has 0 radical (unpaired) electrons. The summed E-state index contributed by atoms with van der Waals surface area (Å²) in [7, 11) is 0. The highest BCUT2D eigenvalue weighted by atomic mass is 35.5. The predicted octanol–water partition coefficient (Wildman–Crippen LogP) is 2.15. The van der Waals surface area contributed by atoms with Crippen molar-refractivity contribution in [2.24, 2.45) is 0 Å². The van der Waals surface area contributed by atoms with E-state index in [1.165, 1.54) is 16.8 Å². The first-order chi connectivity index (χ1) is 6.79. The van der Waals surface area contributed by atoms with Crippen LogP contribution in [0.3, 0.4) is 0 Å². The largest absolute Gasteiger partial charge is 0.220 e. The standard InChI is InChI=1S/C9H7ClFN3/c10-5-8-6-14(13-12-8)9-3-1-2-7(11)4-9/h1-4,6H,5H2. The monoisotopic (exact) mass is 211 g/mol. The zero-order valence-electron chi connectivity index (χ0n) is 7.19. The molecular formula is C9H7ClFN3. The molecule has 3 nitrogen and oxygen atoms in total. The normalized spacial score (nSPS) is 10.4. The summed E-state index contributed by atoms with van der Waals surface area (Å²) >= 11 is 5.57. The number of halogens is 2. The van der Waals surface area contributed by atoms with Crippen LogP contribution in [0.25, 0.3) is 5.69 Å². The summed E-state index contributed by atoms with van der Waals surface area (Å²) in [6, 6.07) is 6.12. The van der Waals surface area contributed by atoms with Gasteiger partial charge in [0.2, 0.25) is 0 Å². The summed E-state index contributed by atoms with van der Waals surface area (Å²) in [5.74, 6) is 0.000375. The lowest BCUT2D eigenvalue weighted by Crippen LogP contribution is -1.94. The van der Waals surface area contributed by atoms with Crippen LogP contribution < -0.4 is 0 Å². The van der Waals surface area contributed by atoms with Gasteiger partial charge in [-0.05, 0) is 18.2 Å². The molecule has 0 saturated heterocycles. The molecule has 2 rings (SSSR count). The maximum Gasteiger partial charge on any atom is 0.125 e. The molecule has 0 fully saturated rings. The number of aromatic nitrogens is 3. The zero-order chi connectivity index (χ0) is 9.97. The van der Waals surface area contributed by atoms with E-state index in [1.807, 2.05) is 0 Å². The van der Waals surface area contributed by atoms with E-state index in [0.717, 1.165) is 0 Å². The Morgan fingerprint density at radius 3 is 2.93 bits per heavy atom. The van der Waals surface area contributed by atoms with Gasteiger partial charge < -0.3 is 0 Å².